The van der Waals surface area contributed by atoms with Crippen LogP contribution in [0.4, 0.5) is 8.78 Å². The molecule has 1 aliphatic heterocycles. The normalized spacial score (nSPS) is 13.9. The molecule has 1 saturated heterocycles. The van der Waals surface area contributed by atoms with Crippen LogP contribution in [0.5, 0.6) is 0 Å². The van der Waals surface area contributed by atoms with Gasteiger partial charge in [-0.25, -0.2) is 21.2 Å². The first-order valence-electron chi connectivity index (χ1n) is 9.78. The third-order valence-electron chi connectivity index (χ3n) is 4.82. The fraction of sp³-hybridized carbons (Fsp3) is 0.273. The SMILES string of the molecule is C=CCS(=O)(=O)n1cc(Cl)c2cc(CN3CCNCC3)ccc21.Cl.Cl.Fc1cccc(F)c1. The zero-order valence-electron chi connectivity index (χ0n) is 17.7. The third kappa shape index (κ3) is 7.95. The molecule has 0 unspecified atom stereocenters. The topological polar surface area (TPSA) is 54.3 Å². The summed E-state index contributed by atoms with van der Waals surface area (Å²) in [6, 6.07) is 10.3. The Labute approximate surface area is 210 Å². The Morgan fingerprint density at radius 2 is 1.70 bits per heavy atom. The predicted octanol–water partition coefficient (Wildman–Crippen LogP) is 4.87. The summed E-state index contributed by atoms with van der Waals surface area (Å²) in [5.41, 5.74) is 1.75. The second kappa shape index (κ2) is 13.3. The molecule has 0 bridgehead atoms. The average Bonchev–Trinajstić information content (AvgIpc) is 3.06. The minimum atomic E-state index is -3.46. The maximum Gasteiger partial charge on any atom is 0.242 e. The Hall–Kier alpha value is -1.68. The van der Waals surface area contributed by atoms with E-state index in [0.717, 1.165) is 49.7 Å². The van der Waals surface area contributed by atoms with E-state index in [1.54, 1.807) is 0 Å². The van der Waals surface area contributed by atoms with Gasteiger partial charge in [-0.15, -0.1) is 31.4 Å². The molecule has 1 aliphatic rings. The highest BCUT2D eigenvalue weighted by atomic mass is 35.5. The minimum Gasteiger partial charge on any atom is -0.314 e. The highest BCUT2D eigenvalue weighted by Crippen LogP contribution is 2.28. The molecule has 2 heterocycles. The molecular formula is C22H26Cl3F2N3O2S. The number of nitrogens with zero attached hydrogens (tertiary/aromatic N) is 2. The zero-order chi connectivity index (χ0) is 22.4. The van der Waals surface area contributed by atoms with Gasteiger partial charge in [0.1, 0.15) is 11.6 Å². The summed E-state index contributed by atoms with van der Waals surface area (Å²) in [7, 11) is -3.46. The van der Waals surface area contributed by atoms with Crippen molar-refractivity contribution in [2.45, 2.75) is 6.54 Å². The van der Waals surface area contributed by atoms with E-state index in [9.17, 15) is 17.2 Å². The first-order chi connectivity index (χ1) is 14.8. The van der Waals surface area contributed by atoms with Crippen molar-refractivity contribution in [3.05, 3.63) is 83.5 Å². The zero-order valence-corrected chi connectivity index (χ0v) is 20.9. The monoisotopic (exact) mass is 539 g/mol. The van der Waals surface area contributed by atoms with Crippen molar-refractivity contribution in [2.75, 3.05) is 31.9 Å². The van der Waals surface area contributed by atoms with Gasteiger partial charge in [-0.2, -0.15) is 0 Å². The van der Waals surface area contributed by atoms with Gasteiger partial charge in [0.25, 0.3) is 0 Å². The van der Waals surface area contributed by atoms with Gasteiger partial charge in [0, 0.05) is 50.4 Å². The van der Waals surface area contributed by atoms with Crippen molar-refractivity contribution >= 4 is 57.3 Å². The van der Waals surface area contributed by atoms with Gasteiger partial charge >= 0.3 is 0 Å². The van der Waals surface area contributed by atoms with E-state index >= 15 is 0 Å². The van der Waals surface area contributed by atoms with E-state index in [2.05, 4.69) is 16.8 Å². The molecule has 0 amide bonds. The van der Waals surface area contributed by atoms with Crippen LogP contribution in [-0.2, 0) is 16.6 Å². The second-order valence-corrected chi connectivity index (χ2v) is 9.46. The van der Waals surface area contributed by atoms with E-state index in [1.807, 2.05) is 18.2 Å². The Kier molecular flexibility index (Phi) is 11.8. The van der Waals surface area contributed by atoms with Gasteiger partial charge in [-0.1, -0.05) is 29.8 Å². The summed E-state index contributed by atoms with van der Waals surface area (Å²) in [5.74, 6) is -1.19. The molecule has 3 aromatic rings. The van der Waals surface area contributed by atoms with Crippen LogP contribution in [0, 0.1) is 11.6 Å². The predicted molar refractivity (Wildman–Crippen MR) is 135 cm³/mol. The van der Waals surface area contributed by atoms with Gasteiger partial charge in [-0.3, -0.25) is 4.90 Å². The number of halogens is 5. The van der Waals surface area contributed by atoms with Crippen LogP contribution in [0.3, 0.4) is 0 Å². The lowest BCUT2D eigenvalue weighted by atomic mass is 10.1. The van der Waals surface area contributed by atoms with E-state index < -0.39 is 21.7 Å². The summed E-state index contributed by atoms with van der Waals surface area (Å²) in [4.78, 5) is 2.37. The summed E-state index contributed by atoms with van der Waals surface area (Å²) in [5, 5.41) is 4.55. The summed E-state index contributed by atoms with van der Waals surface area (Å²) < 4.78 is 49.7. The first-order valence-corrected chi connectivity index (χ1v) is 11.8. The highest BCUT2D eigenvalue weighted by molar-refractivity contribution is 7.90. The van der Waals surface area contributed by atoms with Gasteiger partial charge in [0.05, 0.1) is 16.3 Å². The van der Waals surface area contributed by atoms with Crippen molar-refractivity contribution in [3.63, 3.8) is 0 Å². The molecular weight excluding hydrogens is 515 g/mol. The maximum absolute atomic E-state index is 12.3. The number of aromatic nitrogens is 1. The summed E-state index contributed by atoms with van der Waals surface area (Å²) >= 11 is 6.26. The Morgan fingerprint density at radius 1 is 1.06 bits per heavy atom. The van der Waals surface area contributed by atoms with Crippen LogP contribution in [0.25, 0.3) is 10.9 Å². The molecule has 1 N–H and O–H groups in total. The molecule has 1 aromatic heterocycles. The molecule has 1 fully saturated rings. The molecule has 0 aliphatic carbocycles. The number of hydrogen-bond donors (Lipinski definition) is 1. The van der Waals surface area contributed by atoms with E-state index in [1.165, 1.54) is 34.4 Å². The fourth-order valence-electron chi connectivity index (χ4n) is 3.35. The molecule has 2 aromatic carbocycles. The summed E-state index contributed by atoms with van der Waals surface area (Å²) in [6.07, 6.45) is 2.85. The van der Waals surface area contributed by atoms with Gasteiger partial charge in [-0.05, 0) is 29.8 Å². The quantitative estimate of drug-likeness (QED) is 0.469. The number of benzene rings is 2. The van der Waals surface area contributed by atoms with Crippen molar-refractivity contribution in [2.24, 2.45) is 0 Å². The molecule has 4 rings (SSSR count). The molecule has 0 atom stereocenters. The van der Waals surface area contributed by atoms with Crippen molar-refractivity contribution < 1.29 is 17.2 Å². The lowest BCUT2D eigenvalue weighted by Crippen LogP contribution is -2.42. The molecule has 11 heteroatoms. The first kappa shape index (κ1) is 29.4. The highest BCUT2D eigenvalue weighted by Gasteiger charge is 2.18. The van der Waals surface area contributed by atoms with Crippen LogP contribution in [0.15, 0.2) is 61.3 Å². The van der Waals surface area contributed by atoms with Crippen molar-refractivity contribution in [1.82, 2.24) is 14.2 Å². The van der Waals surface area contributed by atoms with Crippen LogP contribution >= 0.6 is 36.4 Å². The lowest BCUT2D eigenvalue weighted by Gasteiger charge is -2.27. The maximum atomic E-state index is 12.3. The van der Waals surface area contributed by atoms with Gasteiger partial charge in [0.2, 0.25) is 10.0 Å². The van der Waals surface area contributed by atoms with Crippen LogP contribution in [0.1, 0.15) is 5.56 Å². The van der Waals surface area contributed by atoms with Crippen molar-refractivity contribution in [3.8, 4) is 0 Å². The Morgan fingerprint density at radius 3 is 2.24 bits per heavy atom. The number of fused-ring (bicyclic) bond motifs is 1. The van der Waals surface area contributed by atoms with Gasteiger partial charge in [0.15, 0.2) is 0 Å². The van der Waals surface area contributed by atoms with Crippen molar-refractivity contribution in [1.29, 1.82) is 0 Å². The number of piperazine rings is 1. The standard InChI is InChI=1S/C16H20ClN3O2S.C6H4F2.2ClH/c1-2-9-23(21,22)20-12-15(17)14-10-13(3-4-16(14)20)11-19-7-5-18-6-8-19;7-5-2-1-3-6(8)4-5;;/h2-4,10,12,18H,1,5-9,11H2;1-4H;2*1H. The molecule has 0 saturated carbocycles. The fourth-order valence-corrected chi connectivity index (χ4v) is 4.84. The Bertz CT molecular complexity index is 1150. The number of hydrogen-bond acceptors (Lipinski definition) is 4. The molecule has 0 radical (unpaired) electrons. The number of nitrogens with one attached hydrogen (secondary N) is 1. The van der Waals surface area contributed by atoms with E-state index in [4.69, 9.17) is 11.6 Å². The van der Waals surface area contributed by atoms with Crippen LogP contribution < -0.4 is 5.32 Å². The Balaban J connectivity index is 0.000000465. The molecule has 33 heavy (non-hydrogen) atoms. The van der Waals surface area contributed by atoms with Crippen LogP contribution in [-0.4, -0.2) is 49.2 Å². The molecule has 182 valence electrons. The minimum absolute atomic E-state index is 0. The largest absolute Gasteiger partial charge is 0.314 e. The second-order valence-electron chi connectivity index (χ2n) is 7.16. The van der Waals surface area contributed by atoms with Gasteiger partial charge < -0.3 is 5.32 Å². The molecule has 0 spiro atoms. The summed E-state index contributed by atoms with van der Waals surface area (Å²) in [6.45, 7) is 8.37. The molecule has 5 nitrogen and oxygen atoms in total. The average molecular weight is 541 g/mol. The van der Waals surface area contributed by atoms with E-state index in [-0.39, 0.29) is 30.6 Å². The number of rotatable bonds is 5. The smallest absolute Gasteiger partial charge is 0.242 e. The van der Waals surface area contributed by atoms with Crippen LogP contribution in [0.2, 0.25) is 5.02 Å². The third-order valence-corrected chi connectivity index (χ3v) is 6.68. The lowest BCUT2D eigenvalue weighted by molar-refractivity contribution is 0.233. The van der Waals surface area contributed by atoms with E-state index in [0.29, 0.717) is 10.5 Å².